The van der Waals surface area contributed by atoms with E-state index in [1.165, 1.54) is 7.05 Å². The Morgan fingerprint density at radius 3 is 2.39 bits per heavy atom. The van der Waals surface area contributed by atoms with Gasteiger partial charge in [0.15, 0.2) is 9.92 Å². The highest BCUT2D eigenvalue weighted by molar-refractivity contribution is 7.94. The Hall–Kier alpha value is -2.15. The number of nitrogens with zero attached hydrogens (tertiary/aromatic N) is 3. The standard InChI is InChI=1S/C11H13N5OS/c1-13-18(17,10-5-3-9(12)4-6-10)16-11-14-7-2-8-15-11/h2-8H,12H2,1H3,(H,13,14,15,16,17). The number of aromatic nitrogens is 2. The summed E-state index contributed by atoms with van der Waals surface area (Å²) in [7, 11) is -1.30. The topological polar surface area (TPSA) is 93.3 Å². The van der Waals surface area contributed by atoms with Crippen LogP contribution in [0.25, 0.3) is 0 Å². The van der Waals surface area contributed by atoms with Gasteiger partial charge >= 0.3 is 0 Å². The van der Waals surface area contributed by atoms with Crippen LogP contribution in [-0.2, 0) is 9.92 Å². The lowest BCUT2D eigenvalue weighted by molar-refractivity contribution is 0.679. The predicted molar refractivity (Wildman–Crippen MR) is 71.3 cm³/mol. The monoisotopic (exact) mass is 263 g/mol. The molecule has 1 aromatic carbocycles. The third-order valence-corrected chi connectivity index (χ3v) is 4.14. The maximum Gasteiger partial charge on any atom is 0.235 e. The molecule has 0 aliphatic carbocycles. The fourth-order valence-electron chi connectivity index (χ4n) is 1.34. The SMILES string of the molecule is CN=S(=O)(Nc1ncccn1)c1ccc(N)cc1. The highest BCUT2D eigenvalue weighted by Gasteiger charge is 2.12. The van der Waals surface area contributed by atoms with Crippen LogP contribution in [0, 0.1) is 0 Å². The van der Waals surface area contributed by atoms with Gasteiger partial charge in [0.25, 0.3) is 0 Å². The summed E-state index contributed by atoms with van der Waals surface area (Å²) in [5.74, 6) is 0.268. The first-order chi connectivity index (χ1) is 8.64. The van der Waals surface area contributed by atoms with Gasteiger partial charge in [-0.25, -0.2) is 18.5 Å². The Labute approximate surface area is 106 Å². The Morgan fingerprint density at radius 2 is 1.83 bits per heavy atom. The maximum absolute atomic E-state index is 12.6. The molecular weight excluding hydrogens is 250 g/mol. The van der Waals surface area contributed by atoms with Crippen LogP contribution in [0.2, 0.25) is 0 Å². The molecule has 1 aromatic heterocycles. The smallest absolute Gasteiger partial charge is 0.235 e. The molecule has 7 heteroatoms. The summed E-state index contributed by atoms with van der Waals surface area (Å²) < 4.78 is 19.3. The third-order valence-electron chi connectivity index (χ3n) is 2.25. The molecule has 6 nitrogen and oxygen atoms in total. The summed E-state index contributed by atoms with van der Waals surface area (Å²) >= 11 is 0. The van der Waals surface area contributed by atoms with Gasteiger partial charge in [-0.05, 0) is 30.3 Å². The summed E-state index contributed by atoms with van der Waals surface area (Å²) in [4.78, 5) is 8.47. The number of nitrogens with one attached hydrogen (secondary N) is 1. The van der Waals surface area contributed by atoms with Crippen molar-refractivity contribution < 1.29 is 4.21 Å². The molecule has 0 radical (unpaired) electrons. The van der Waals surface area contributed by atoms with Gasteiger partial charge < -0.3 is 5.73 Å². The van der Waals surface area contributed by atoms with Crippen molar-refractivity contribution in [2.45, 2.75) is 4.90 Å². The van der Waals surface area contributed by atoms with Crippen LogP contribution >= 0.6 is 0 Å². The molecule has 0 fully saturated rings. The van der Waals surface area contributed by atoms with Crippen molar-refractivity contribution in [1.82, 2.24) is 9.97 Å². The highest BCUT2D eigenvalue weighted by Crippen LogP contribution is 2.16. The number of hydrogen-bond acceptors (Lipinski definition) is 5. The summed E-state index contributed by atoms with van der Waals surface area (Å²) in [5.41, 5.74) is 6.20. The maximum atomic E-state index is 12.6. The second-order valence-electron chi connectivity index (χ2n) is 3.45. The molecule has 1 heterocycles. The average molecular weight is 263 g/mol. The first kappa shape index (κ1) is 12.3. The van der Waals surface area contributed by atoms with E-state index in [-0.39, 0.29) is 5.95 Å². The van der Waals surface area contributed by atoms with Crippen molar-refractivity contribution in [3.63, 3.8) is 0 Å². The Kier molecular flexibility index (Phi) is 3.42. The number of anilines is 2. The number of hydrogen-bond donors (Lipinski definition) is 2. The minimum absolute atomic E-state index is 0.268. The normalized spacial score (nSPS) is 13.6. The van der Waals surface area contributed by atoms with E-state index in [0.29, 0.717) is 10.6 Å². The van der Waals surface area contributed by atoms with Gasteiger partial charge in [0.2, 0.25) is 5.95 Å². The molecule has 94 valence electrons. The van der Waals surface area contributed by atoms with Crippen molar-refractivity contribution in [2.75, 3.05) is 17.5 Å². The van der Waals surface area contributed by atoms with Gasteiger partial charge in [0.05, 0.1) is 4.90 Å². The Morgan fingerprint density at radius 1 is 1.22 bits per heavy atom. The largest absolute Gasteiger partial charge is 0.399 e. The molecule has 1 atom stereocenters. The summed E-state index contributed by atoms with van der Waals surface area (Å²) in [6.07, 6.45) is 3.13. The molecule has 0 spiro atoms. The van der Waals surface area contributed by atoms with Crippen molar-refractivity contribution in [3.05, 3.63) is 42.7 Å². The zero-order valence-corrected chi connectivity index (χ0v) is 10.6. The number of benzene rings is 1. The van der Waals surface area contributed by atoms with Crippen molar-refractivity contribution in [2.24, 2.45) is 4.36 Å². The molecule has 0 bridgehead atoms. The van der Waals surface area contributed by atoms with Gasteiger partial charge in [-0.3, -0.25) is 4.72 Å². The lowest BCUT2D eigenvalue weighted by Crippen LogP contribution is -2.14. The molecule has 18 heavy (non-hydrogen) atoms. The summed E-state index contributed by atoms with van der Waals surface area (Å²) in [6.45, 7) is 0. The first-order valence-electron chi connectivity index (χ1n) is 5.20. The predicted octanol–water partition coefficient (Wildman–Crippen LogP) is 1.54. The lowest BCUT2D eigenvalue weighted by atomic mass is 10.3. The molecule has 3 N–H and O–H groups in total. The van der Waals surface area contributed by atoms with E-state index in [2.05, 4.69) is 19.1 Å². The van der Waals surface area contributed by atoms with E-state index in [1.807, 2.05) is 0 Å². The minimum atomic E-state index is -2.78. The van der Waals surface area contributed by atoms with Gasteiger partial charge in [0, 0.05) is 25.1 Å². The third kappa shape index (κ3) is 2.57. The fourth-order valence-corrected chi connectivity index (χ4v) is 2.62. The summed E-state index contributed by atoms with van der Waals surface area (Å²) in [6, 6.07) is 8.36. The average Bonchev–Trinajstić information content (AvgIpc) is 2.40. The van der Waals surface area contributed by atoms with Crippen molar-refractivity contribution in [3.8, 4) is 0 Å². The van der Waals surface area contributed by atoms with Crippen LogP contribution < -0.4 is 10.5 Å². The van der Waals surface area contributed by atoms with E-state index < -0.39 is 9.92 Å². The van der Waals surface area contributed by atoms with Gasteiger partial charge in [0.1, 0.15) is 0 Å². The summed E-state index contributed by atoms with van der Waals surface area (Å²) in [5, 5.41) is 0. The van der Waals surface area contributed by atoms with Crippen LogP contribution in [0.4, 0.5) is 11.6 Å². The van der Waals surface area contributed by atoms with Crippen LogP contribution in [0.15, 0.2) is 52.0 Å². The molecule has 0 aliphatic rings. The Bertz CT molecular complexity index is 632. The van der Waals surface area contributed by atoms with Gasteiger partial charge in [-0.15, -0.1) is 0 Å². The van der Waals surface area contributed by atoms with Gasteiger partial charge in [-0.1, -0.05) is 0 Å². The van der Waals surface area contributed by atoms with Crippen molar-refractivity contribution >= 4 is 21.6 Å². The lowest BCUT2D eigenvalue weighted by Gasteiger charge is -2.11. The number of nitrogen functional groups attached to an aromatic ring is 1. The molecule has 0 aliphatic heterocycles. The number of rotatable bonds is 3. The van der Waals surface area contributed by atoms with E-state index in [4.69, 9.17) is 5.73 Å². The molecule has 0 saturated heterocycles. The second kappa shape index (κ2) is 5.01. The first-order valence-corrected chi connectivity index (χ1v) is 6.71. The van der Waals surface area contributed by atoms with Crippen LogP contribution in [0.1, 0.15) is 0 Å². The van der Waals surface area contributed by atoms with Crippen LogP contribution in [-0.4, -0.2) is 21.2 Å². The zero-order chi connectivity index (χ0) is 13.0. The van der Waals surface area contributed by atoms with Crippen molar-refractivity contribution in [1.29, 1.82) is 0 Å². The number of nitrogens with two attached hydrogens (primary N) is 1. The van der Waals surface area contributed by atoms with Crippen LogP contribution in [0.3, 0.4) is 0 Å². The highest BCUT2D eigenvalue weighted by atomic mass is 32.2. The quantitative estimate of drug-likeness (QED) is 0.821. The van der Waals surface area contributed by atoms with E-state index >= 15 is 0 Å². The fraction of sp³-hybridized carbons (Fsp3) is 0.0909. The van der Waals surface area contributed by atoms with E-state index in [0.717, 1.165) is 0 Å². The molecule has 1 unspecified atom stereocenters. The molecule has 2 rings (SSSR count). The zero-order valence-electron chi connectivity index (χ0n) is 9.78. The molecule has 0 amide bonds. The Balaban J connectivity index is 2.38. The molecule has 2 aromatic rings. The van der Waals surface area contributed by atoms with E-state index in [1.54, 1.807) is 42.7 Å². The van der Waals surface area contributed by atoms with E-state index in [9.17, 15) is 4.21 Å². The second-order valence-corrected chi connectivity index (χ2v) is 5.54. The minimum Gasteiger partial charge on any atom is -0.399 e. The van der Waals surface area contributed by atoms with Gasteiger partial charge in [-0.2, -0.15) is 0 Å². The molecular formula is C11H13N5OS. The van der Waals surface area contributed by atoms with Crippen LogP contribution in [0.5, 0.6) is 0 Å². The molecule has 0 saturated carbocycles.